The molecule has 5 rings (SSSR count). The second-order valence-corrected chi connectivity index (χ2v) is 9.96. The molecule has 0 saturated heterocycles. The summed E-state index contributed by atoms with van der Waals surface area (Å²) in [5, 5.41) is 8.05. The zero-order valence-electron chi connectivity index (χ0n) is 19.3. The zero-order valence-corrected chi connectivity index (χ0v) is 20.1. The van der Waals surface area contributed by atoms with Crippen LogP contribution in [-0.4, -0.2) is 37.7 Å². The first-order valence-electron chi connectivity index (χ1n) is 10.8. The van der Waals surface area contributed by atoms with Gasteiger partial charge in [0.25, 0.3) is 0 Å². The van der Waals surface area contributed by atoms with Gasteiger partial charge in [0.2, 0.25) is 15.9 Å². The van der Waals surface area contributed by atoms with Gasteiger partial charge in [0, 0.05) is 35.0 Å². The van der Waals surface area contributed by atoms with Crippen molar-refractivity contribution < 1.29 is 17.9 Å². The van der Waals surface area contributed by atoms with Crippen LogP contribution in [0.3, 0.4) is 0 Å². The number of benzene rings is 3. The molecule has 0 aliphatic rings. The highest BCUT2D eigenvalue weighted by Crippen LogP contribution is 2.39. The molecule has 3 aromatic carbocycles. The van der Waals surface area contributed by atoms with Gasteiger partial charge in [-0.05, 0) is 36.4 Å². The number of aromatic amines is 1. The average molecular weight is 490 g/mol. The number of hydrogen-bond acceptors (Lipinski definition) is 6. The second-order valence-electron chi connectivity index (χ2n) is 8.21. The maximum absolute atomic E-state index is 11.6. The quantitative estimate of drug-likeness (QED) is 0.267. The molecule has 1 amide bonds. The zero-order chi connectivity index (χ0) is 24.7. The molecule has 2 aromatic heterocycles. The van der Waals surface area contributed by atoms with Gasteiger partial charge < -0.3 is 20.4 Å². The molecule has 4 N–H and O–H groups in total. The van der Waals surface area contributed by atoms with Crippen molar-refractivity contribution in [2.24, 2.45) is 0 Å². The number of anilines is 4. The van der Waals surface area contributed by atoms with Crippen LogP contribution in [0.4, 0.5) is 22.7 Å². The van der Waals surface area contributed by atoms with Crippen LogP contribution in [0.15, 0.2) is 60.7 Å². The Bertz CT molecular complexity index is 1730. The molecule has 0 atom stereocenters. The number of nitrogens with zero attached hydrogens (tertiary/aromatic N) is 1. The smallest absolute Gasteiger partial charge is 0.229 e. The fraction of sp³-hybridized carbons (Fsp3) is 0.120. The standard InChI is InChI=1S/C25H23N5O4S/c1-14(31)26-15-8-10-20-18(12-15)24-25(28-20)23(17-6-4-5-7-19(17)27-24)29-21-11-9-16(13-22(21)34-2)30-35(3,32)33/h4-13,28,30H,1-3H3,(H,26,31)(H,27,29). The number of aromatic nitrogens is 2. The molecule has 2 heterocycles. The van der Waals surface area contributed by atoms with Gasteiger partial charge in [0.15, 0.2) is 0 Å². The van der Waals surface area contributed by atoms with Crippen LogP contribution in [0.1, 0.15) is 6.92 Å². The van der Waals surface area contributed by atoms with Crippen molar-refractivity contribution in [2.45, 2.75) is 6.92 Å². The monoisotopic (exact) mass is 489 g/mol. The minimum Gasteiger partial charge on any atom is -0.494 e. The number of carbonyl (C=O) groups is 1. The number of ether oxygens (including phenoxy) is 1. The fourth-order valence-corrected chi connectivity index (χ4v) is 4.69. The Labute approximate surface area is 201 Å². The topological polar surface area (TPSA) is 125 Å². The maximum atomic E-state index is 11.6. The molecule has 5 aromatic rings. The van der Waals surface area contributed by atoms with E-state index in [1.807, 2.05) is 42.5 Å². The molecule has 0 saturated carbocycles. The molecule has 0 radical (unpaired) electrons. The highest BCUT2D eigenvalue weighted by molar-refractivity contribution is 7.92. The number of pyridine rings is 1. The molecule has 0 unspecified atom stereocenters. The van der Waals surface area contributed by atoms with E-state index in [9.17, 15) is 13.2 Å². The average Bonchev–Trinajstić information content (AvgIpc) is 3.16. The normalized spacial score (nSPS) is 11.6. The summed E-state index contributed by atoms with van der Waals surface area (Å²) in [7, 11) is -1.90. The summed E-state index contributed by atoms with van der Waals surface area (Å²) < 4.78 is 31.3. The van der Waals surface area contributed by atoms with Gasteiger partial charge in [0.05, 0.1) is 47.0 Å². The number of nitrogens with one attached hydrogen (secondary N) is 4. The Balaban J connectivity index is 1.69. The highest BCUT2D eigenvalue weighted by atomic mass is 32.2. The third kappa shape index (κ3) is 4.43. The molecule has 0 spiro atoms. The first kappa shape index (κ1) is 22.5. The molecule has 10 heteroatoms. The van der Waals surface area contributed by atoms with Crippen LogP contribution in [-0.2, 0) is 14.8 Å². The molecule has 0 aliphatic heterocycles. The summed E-state index contributed by atoms with van der Waals surface area (Å²) in [5.74, 6) is 0.322. The van der Waals surface area contributed by atoms with E-state index in [1.54, 1.807) is 18.2 Å². The van der Waals surface area contributed by atoms with Gasteiger partial charge in [-0.1, -0.05) is 18.2 Å². The van der Waals surface area contributed by atoms with Gasteiger partial charge in [-0.2, -0.15) is 0 Å². The number of rotatable bonds is 6. The van der Waals surface area contributed by atoms with E-state index in [-0.39, 0.29) is 5.91 Å². The van der Waals surface area contributed by atoms with E-state index >= 15 is 0 Å². The summed E-state index contributed by atoms with van der Waals surface area (Å²) in [6.07, 6.45) is 1.10. The van der Waals surface area contributed by atoms with Gasteiger partial charge in [0.1, 0.15) is 5.75 Å². The van der Waals surface area contributed by atoms with Gasteiger partial charge in [-0.25, -0.2) is 13.4 Å². The molecule has 0 bridgehead atoms. The minimum atomic E-state index is -3.42. The fourth-order valence-electron chi connectivity index (χ4n) is 4.13. The Morgan fingerprint density at radius 3 is 2.51 bits per heavy atom. The highest BCUT2D eigenvalue weighted by Gasteiger charge is 2.17. The van der Waals surface area contributed by atoms with Crippen LogP contribution >= 0.6 is 0 Å². The van der Waals surface area contributed by atoms with Crippen molar-refractivity contribution in [1.82, 2.24) is 9.97 Å². The number of amides is 1. The minimum absolute atomic E-state index is 0.147. The summed E-state index contributed by atoms with van der Waals surface area (Å²) in [4.78, 5) is 19.9. The number of methoxy groups -OCH3 is 1. The van der Waals surface area contributed by atoms with Gasteiger partial charge in [-0.3, -0.25) is 9.52 Å². The molecular formula is C25H23N5O4S. The lowest BCUT2D eigenvalue weighted by Gasteiger charge is -2.15. The Kier molecular flexibility index (Phi) is 5.45. The van der Waals surface area contributed by atoms with Crippen molar-refractivity contribution in [1.29, 1.82) is 0 Å². The maximum Gasteiger partial charge on any atom is 0.229 e. The van der Waals surface area contributed by atoms with Crippen LogP contribution < -0.4 is 20.1 Å². The summed E-state index contributed by atoms with van der Waals surface area (Å²) in [6, 6.07) is 18.5. The van der Waals surface area contributed by atoms with E-state index in [2.05, 4.69) is 20.3 Å². The SMILES string of the molecule is COc1cc(NS(C)(=O)=O)ccc1Nc1c2ccccc2nc2c1[nH]c1ccc(NC(C)=O)cc12. The molecule has 0 fully saturated rings. The van der Waals surface area contributed by atoms with Crippen LogP contribution in [0.25, 0.3) is 32.8 Å². The van der Waals surface area contributed by atoms with Crippen molar-refractivity contribution >= 4 is 71.5 Å². The third-order valence-corrected chi connectivity index (χ3v) is 6.12. The van der Waals surface area contributed by atoms with Crippen molar-refractivity contribution in [2.75, 3.05) is 28.7 Å². The molecule has 178 valence electrons. The first-order chi connectivity index (χ1) is 16.7. The molecule has 0 aliphatic carbocycles. The summed E-state index contributed by atoms with van der Waals surface area (Å²) in [6.45, 7) is 1.47. The Morgan fingerprint density at radius 2 is 1.77 bits per heavy atom. The lowest BCUT2D eigenvalue weighted by molar-refractivity contribution is -0.114. The van der Waals surface area contributed by atoms with Crippen LogP contribution in [0.5, 0.6) is 5.75 Å². The summed E-state index contributed by atoms with van der Waals surface area (Å²) >= 11 is 0. The van der Waals surface area contributed by atoms with Crippen LogP contribution in [0.2, 0.25) is 0 Å². The third-order valence-electron chi connectivity index (χ3n) is 5.51. The van der Waals surface area contributed by atoms with E-state index in [1.165, 1.54) is 14.0 Å². The van der Waals surface area contributed by atoms with Crippen LogP contribution in [0, 0.1) is 0 Å². The predicted octanol–water partition coefficient (Wildman–Crippen LogP) is 4.95. The summed E-state index contributed by atoms with van der Waals surface area (Å²) in [5.41, 5.74) is 5.75. The number of sulfonamides is 1. The largest absolute Gasteiger partial charge is 0.494 e. The molecular weight excluding hydrogens is 466 g/mol. The number of hydrogen-bond donors (Lipinski definition) is 4. The van der Waals surface area contributed by atoms with Crippen molar-refractivity contribution in [3.05, 3.63) is 60.7 Å². The molecule has 35 heavy (non-hydrogen) atoms. The van der Waals surface area contributed by atoms with Gasteiger partial charge >= 0.3 is 0 Å². The van der Waals surface area contributed by atoms with Gasteiger partial charge in [-0.15, -0.1) is 0 Å². The van der Waals surface area contributed by atoms with Crippen molar-refractivity contribution in [3.8, 4) is 5.75 Å². The number of fused-ring (bicyclic) bond motifs is 4. The lowest BCUT2D eigenvalue weighted by Crippen LogP contribution is -2.09. The molecule has 9 nitrogen and oxygen atoms in total. The van der Waals surface area contributed by atoms with Crippen molar-refractivity contribution in [3.63, 3.8) is 0 Å². The van der Waals surface area contributed by atoms with E-state index in [0.29, 0.717) is 22.8 Å². The number of para-hydroxylation sites is 1. The number of H-pyrrole nitrogens is 1. The second kappa shape index (κ2) is 8.48. The first-order valence-corrected chi connectivity index (χ1v) is 12.7. The number of carbonyl (C=O) groups excluding carboxylic acids is 1. The van der Waals surface area contributed by atoms with E-state index in [4.69, 9.17) is 9.72 Å². The van der Waals surface area contributed by atoms with E-state index in [0.717, 1.165) is 44.8 Å². The lowest BCUT2D eigenvalue weighted by atomic mass is 10.1. The Hall–Kier alpha value is -4.31. The predicted molar refractivity (Wildman–Crippen MR) is 140 cm³/mol. The Morgan fingerprint density at radius 1 is 1.00 bits per heavy atom. The van der Waals surface area contributed by atoms with E-state index < -0.39 is 10.0 Å².